The van der Waals surface area contributed by atoms with Crippen LogP contribution in [-0.2, 0) is 4.74 Å². The quantitative estimate of drug-likeness (QED) is 0.647. The lowest BCUT2D eigenvalue weighted by Crippen LogP contribution is -2.27. The maximum Gasteiger partial charge on any atom is 0.0975 e. The molecule has 78 valence electrons. The first-order chi connectivity index (χ1) is 6.85. The number of ether oxygens (including phenoxy) is 1. The normalized spacial score (nSPS) is 39.9. The van der Waals surface area contributed by atoms with Crippen LogP contribution in [0, 0.1) is 5.92 Å². The number of rotatable bonds is 1. The molecule has 2 heteroatoms. The van der Waals surface area contributed by atoms with Crippen LogP contribution in [-0.4, -0.2) is 23.9 Å². The highest BCUT2D eigenvalue weighted by Gasteiger charge is 2.30. The van der Waals surface area contributed by atoms with Crippen LogP contribution < -0.4 is 0 Å². The molecule has 0 aliphatic carbocycles. The molecule has 2 aliphatic rings. The van der Waals surface area contributed by atoms with E-state index in [-0.39, 0.29) is 18.8 Å². The summed E-state index contributed by atoms with van der Waals surface area (Å²) in [5.74, 6) is 0.301. The average Bonchev–Trinajstić information content (AvgIpc) is 2.66. The fraction of sp³-hybridized carbons (Fsp3) is 0.667. The van der Waals surface area contributed by atoms with E-state index in [1.807, 2.05) is 0 Å². The highest BCUT2D eigenvalue weighted by atomic mass is 16.5. The predicted molar refractivity (Wildman–Crippen MR) is 56.0 cm³/mol. The minimum Gasteiger partial charge on any atom is -0.396 e. The fourth-order valence-electron chi connectivity index (χ4n) is 2.33. The third kappa shape index (κ3) is 1.77. The molecule has 0 spiro atoms. The van der Waals surface area contributed by atoms with Crippen molar-refractivity contribution >= 4 is 0 Å². The summed E-state index contributed by atoms with van der Waals surface area (Å²) >= 11 is 0. The van der Waals surface area contributed by atoms with E-state index in [4.69, 9.17) is 4.74 Å². The first-order valence-corrected chi connectivity index (χ1v) is 5.45. The summed E-state index contributed by atoms with van der Waals surface area (Å²) in [5.41, 5.74) is 1.39. The second kappa shape index (κ2) is 4.28. The molecule has 1 saturated heterocycles. The first-order valence-electron chi connectivity index (χ1n) is 5.45. The predicted octanol–water partition coefficient (Wildman–Crippen LogP) is 2.05. The molecule has 14 heavy (non-hydrogen) atoms. The van der Waals surface area contributed by atoms with E-state index in [0.717, 1.165) is 12.8 Å². The zero-order valence-corrected chi connectivity index (χ0v) is 8.65. The van der Waals surface area contributed by atoms with Gasteiger partial charge in [0.05, 0.1) is 12.2 Å². The summed E-state index contributed by atoms with van der Waals surface area (Å²) in [7, 11) is 0. The lowest BCUT2D eigenvalue weighted by atomic mass is 9.94. The molecule has 2 nitrogen and oxygen atoms in total. The summed E-state index contributed by atoms with van der Waals surface area (Å²) in [5, 5.41) is 9.22. The van der Waals surface area contributed by atoms with Crippen molar-refractivity contribution in [2.24, 2.45) is 5.92 Å². The Bertz CT molecular complexity index is 255. The van der Waals surface area contributed by atoms with Crippen LogP contribution in [0.25, 0.3) is 0 Å². The maximum atomic E-state index is 9.22. The Balaban J connectivity index is 2.12. The van der Waals surface area contributed by atoms with Crippen molar-refractivity contribution in [3.63, 3.8) is 0 Å². The van der Waals surface area contributed by atoms with E-state index in [1.54, 1.807) is 0 Å². The van der Waals surface area contributed by atoms with Gasteiger partial charge in [-0.05, 0) is 31.8 Å². The van der Waals surface area contributed by atoms with Crippen molar-refractivity contribution in [3.05, 3.63) is 23.8 Å². The molecule has 0 aromatic rings. The Morgan fingerprint density at radius 3 is 3.14 bits per heavy atom. The van der Waals surface area contributed by atoms with E-state index in [1.165, 1.54) is 12.0 Å². The topological polar surface area (TPSA) is 29.5 Å². The zero-order valence-electron chi connectivity index (χ0n) is 8.65. The average molecular weight is 194 g/mol. The summed E-state index contributed by atoms with van der Waals surface area (Å²) in [6.07, 6.45) is 10.1. The molecule has 2 aliphatic heterocycles. The van der Waals surface area contributed by atoms with Gasteiger partial charge in [-0.3, -0.25) is 0 Å². The number of hydrogen-bond donors (Lipinski definition) is 1. The molecule has 3 atom stereocenters. The molecule has 2 bridgehead atoms. The molecule has 0 aromatic heterocycles. The van der Waals surface area contributed by atoms with E-state index in [0.29, 0.717) is 5.92 Å². The Morgan fingerprint density at radius 2 is 2.43 bits per heavy atom. The molecule has 0 aromatic carbocycles. The maximum absolute atomic E-state index is 9.22. The monoisotopic (exact) mass is 194 g/mol. The van der Waals surface area contributed by atoms with Gasteiger partial charge in [-0.25, -0.2) is 0 Å². The molecule has 0 saturated carbocycles. The number of hydrogen-bond acceptors (Lipinski definition) is 2. The molecule has 0 amide bonds. The second-order valence-electron chi connectivity index (χ2n) is 4.10. The van der Waals surface area contributed by atoms with Crippen molar-refractivity contribution in [1.29, 1.82) is 0 Å². The van der Waals surface area contributed by atoms with Crippen molar-refractivity contribution in [2.45, 2.75) is 38.4 Å². The van der Waals surface area contributed by atoms with Gasteiger partial charge in [-0.1, -0.05) is 18.2 Å². The molecule has 2 heterocycles. The van der Waals surface area contributed by atoms with Gasteiger partial charge in [-0.2, -0.15) is 0 Å². The fourth-order valence-corrected chi connectivity index (χ4v) is 2.33. The van der Waals surface area contributed by atoms with Gasteiger partial charge in [0.1, 0.15) is 0 Å². The van der Waals surface area contributed by atoms with Gasteiger partial charge in [-0.15, -0.1) is 0 Å². The van der Waals surface area contributed by atoms with Gasteiger partial charge in [0.25, 0.3) is 0 Å². The SMILES string of the molecule is C/C=C1\CCC[C@H](CO)[C@@H]2C=C[C@H]1O2. The first kappa shape index (κ1) is 9.94. The highest BCUT2D eigenvalue weighted by molar-refractivity contribution is 5.21. The number of fused-ring (bicyclic) bond motifs is 2. The summed E-state index contributed by atoms with van der Waals surface area (Å²) in [6, 6.07) is 0. The van der Waals surface area contributed by atoms with Crippen LogP contribution in [0.2, 0.25) is 0 Å². The van der Waals surface area contributed by atoms with Gasteiger partial charge in [0, 0.05) is 12.5 Å². The highest BCUT2D eigenvalue weighted by Crippen LogP contribution is 2.31. The smallest absolute Gasteiger partial charge is 0.0975 e. The Kier molecular flexibility index (Phi) is 3.04. The lowest BCUT2D eigenvalue weighted by Gasteiger charge is -2.26. The molecule has 2 rings (SSSR count). The Hall–Kier alpha value is -0.600. The Morgan fingerprint density at radius 1 is 1.57 bits per heavy atom. The van der Waals surface area contributed by atoms with Gasteiger partial charge >= 0.3 is 0 Å². The molecule has 1 N–H and O–H groups in total. The van der Waals surface area contributed by atoms with E-state index >= 15 is 0 Å². The number of aliphatic hydroxyl groups is 1. The third-order valence-corrected chi connectivity index (χ3v) is 3.26. The molecular formula is C12H18O2. The van der Waals surface area contributed by atoms with Crippen molar-refractivity contribution < 1.29 is 9.84 Å². The van der Waals surface area contributed by atoms with Crippen molar-refractivity contribution in [1.82, 2.24) is 0 Å². The van der Waals surface area contributed by atoms with E-state index in [2.05, 4.69) is 25.2 Å². The van der Waals surface area contributed by atoms with Crippen LogP contribution >= 0.6 is 0 Å². The van der Waals surface area contributed by atoms with E-state index in [9.17, 15) is 5.11 Å². The van der Waals surface area contributed by atoms with Crippen LogP contribution in [0.4, 0.5) is 0 Å². The second-order valence-corrected chi connectivity index (χ2v) is 4.10. The molecular weight excluding hydrogens is 176 g/mol. The molecule has 0 unspecified atom stereocenters. The van der Waals surface area contributed by atoms with Crippen LogP contribution in [0.5, 0.6) is 0 Å². The zero-order chi connectivity index (χ0) is 9.97. The third-order valence-electron chi connectivity index (χ3n) is 3.26. The van der Waals surface area contributed by atoms with Gasteiger partial charge < -0.3 is 9.84 Å². The Labute approximate surface area is 85.3 Å². The summed E-state index contributed by atoms with van der Waals surface area (Å²) in [4.78, 5) is 0. The standard InChI is InChI=1S/C12H18O2/c1-2-9-4-3-5-10(8-13)12-7-6-11(9)14-12/h2,6-7,10-13H,3-5,8H2,1H3/b9-2+/t10-,11-,12+/m1/s1. The van der Waals surface area contributed by atoms with Gasteiger partial charge in [0.2, 0.25) is 0 Å². The van der Waals surface area contributed by atoms with E-state index < -0.39 is 0 Å². The van der Waals surface area contributed by atoms with Gasteiger partial charge in [0.15, 0.2) is 0 Å². The number of aliphatic hydroxyl groups excluding tert-OH is 1. The van der Waals surface area contributed by atoms with Crippen LogP contribution in [0.15, 0.2) is 23.8 Å². The minimum absolute atomic E-state index is 0.139. The van der Waals surface area contributed by atoms with Crippen molar-refractivity contribution in [3.8, 4) is 0 Å². The minimum atomic E-state index is 0.139. The lowest BCUT2D eigenvalue weighted by molar-refractivity contribution is 0.0105. The summed E-state index contributed by atoms with van der Waals surface area (Å²) < 4.78 is 5.87. The van der Waals surface area contributed by atoms with Crippen LogP contribution in [0.3, 0.4) is 0 Å². The largest absolute Gasteiger partial charge is 0.396 e. The number of allylic oxidation sites excluding steroid dienone is 1. The molecule has 0 radical (unpaired) electrons. The molecule has 1 fully saturated rings. The van der Waals surface area contributed by atoms with Crippen molar-refractivity contribution in [2.75, 3.05) is 6.61 Å². The van der Waals surface area contributed by atoms with Crippen LogP contribution in [0.1, 0.15) is 26.2 Å². The summed E-state index contributed by atoms with van der Waals surface area (Å²) in [6.45, 7) is 2.32.